The number of amides is 1. The maximum Gasteiger partial charge on any atom is 0.411 e. The average molecular weight is 330 g/mol. The molecule has 0 unspecified atom stereocenters. The molecule has 0 aromatic heterocycles. The fraction of sp³-hybridized carbons (Fsp3) is 0.167. The summed E-state index contributed by atoms with van der Waals surface area (Å²) in [5, 5.41) is 11.5. The number of anilines is 1. The van der Waals surface area contributed by atoms with E-state index in [9.17, 15) is 9.59 Å². The maximum atomic E-state index is 11.3. The Labute approximate surface area is 118 Å². The van der Waals surface area contributed by atoms with Crippen LogP contribution in [0.3, 0.4) is 0 Å². The molecule has 102 valence electrons. The molecule has 1 rings (SSSR count). The van der Waals surface area contributed by atoms with E-state index in [1.54, 1.807) is 0 Å². The first-order valence-corrected chi connectivity index (χ1v) is 5.94. The number of halogens is 1. The third-order valence-corrected chi connectivity index (χ3v) is 2.69. The highest BCUT2D eigenvalue weighted by atomic mass is 79.9. The third kappa shape index (κ3) is 3.99. The molecule has 0 fully saturated rings. The summed E-state index contributed by atoms with van der Waals surface area (Å²) in [6, 6.07) is 2.84. The molecule has 0 spiro atoms. The van der Waals surface area contributed by atoms with E-state index < -0.39 is 12.1 Å². The van der Waals surface area contributed by atoms with Crippen LogP contribution < -0.4 is 10.1 Å². The summed E-state index contributed by atoms with van der Waals surface area (Å²) in [7, 11) is 1.34. The van der Waals surface area contributed by atoms with Gasteiger partial charge in [-0.2, -0.15) is 0 Å². The Morgan fingerprint density at radius 1 is 1.53 bits per heavy atom. The molecule has 0 atom stereocenters. The zero-order valence-corrected chi connectivity index (χ0v) is 11.7. The van der Waals surface area contributed by atoms with Crippen molar-refractivity contribution in [3.05, 3.63) is 34.8 Å². The molecule has 1 aromatic carbocycles. The lowest BCUT2D eigenvalue weighted by molar-refractivity contribution is 0.0692. The number of carboxylic acid groups (broad SMARTS) is 1. The number of nitrogens with one attached hydrogen (secondary N) is 1. The topological polar surface area (TPSA) is 84.9 Å². The van der Waals surface area contributed by atoms with Crippen molar-refractivity contribution < 1.29 is 24.2 Å². The van der Waals surface area contributed by atoms with E-state index in [0.717, 1.165) is 0 Å². The Morgan fingerprint density at radius 3 is 2.74 bits per heavy atom. The molecular weight excluding hydrogens is 318 g/mol. The van der Waals surface area contributed by atoms with Crippen molar-refractivity contribution in [1.82, 2.24) is 0 Å². The number of hydrogen-bond acceptors (Lipinski definition) is 4. The minimum absolute atomic E-state index is 0.0208. The van der Waals surface area contributed by atoms with Gasteiger partial charge in [0.05, 0.1) is 7.11 Å². The van der Waals surface area contributed by atoms with Crippen LogP contribution in [-0.2, 0) is 4.74 Å². The summed E-state index contributed by atoms with van der Waals surface area (Å²) in [5.74, 6) is -1.01. The van der Waals surface area contributed by atoms with E-state index in [-0.39, 0.29) is 17.9 Å². The van der Waals surface area contributed by atoms with Crippen LogP contribution in [0, 0.1) is 0 Å². The first-order valence-electron chi connectivity index (χ1n) is 5.15. The molecular formula is C12H12BrNO5. The van der Waals surface area contributed by atoms with Gasteiger partial charge in [-0.15, -0.1) is 0 Å². The van der Waals surface area contributed by atoms with Crippen LogP contribution in [0.1, 0.15) is 10.4 Å². The average Bonchev–Trinajstić information content (AvgIpc) is 2.34. The molecule has 1 aromatic rings. The van der Waals surface area contributed by atoms with Crippen LogP contribution in [0.4, 0.5) is 10.5 Å². The van der Waals surface area contributed by atoms with Gasteiger partial charge in [0.1, 0.15) is 17.9 Å². The van der Waals surface area contributed by atoms with Gasteiger partial charge in [0.15, 0.2) is 0 Å². The summed E-state index contributed by atoms with van der Waals surface area (Å²) in [6.07, 6.45) is 0.765. The van der Waals surface area contributed by atoms with Crippen LogP contribution in [-0.4, -0.2) is 30.9 Å². The van der Waals surface area contributed by atoms with Gasteiger partial charge in [0, 0.05) is 16.2 Å². The van der Waals surface area contributed by atoms with Gasteiger partial charge >= 0.3 is 12.1 Å². The van der Waals surface area contributed by atoms with Crippen molar-refractivity contribution in [3.63, 3.8) is 0 Å². The predicted octanol–water partition coefficient (Wildman–Crippen LogP) is 2.89. The first kappa shape index (κ1) is 15.0. The van der Waals surface area contributed by atoms with E-state index in [1.807, 2.05) is 0 Å². The number of aromatic carboxylic acids is 1. The van der Waals surface area contributed by atoms with Crippen LogP contribution in [0.15, 0.2) is 29.3 Å². The molecule has 19 heavy (non-hydrogen) atoms. The third-order valence-electron chi connectivity index (χ3n) is 2.07. The van der Waals surface area contributed by atoms with Crippen LogP contribution in [0.25, 0.3) is 0 Å². The van der Waals surface area contributed by atoms with Gasteiger partial charge in [-0.3, -0.25) is 5.32 Å². The number of carboxylic acids is 1. The number of hydrogen-bond donors (Lipinski definition) is 2. The van der Waals surface area contributed by atoms with Crippen molar-refractivity contribution in [3.8, 4) is 5.75 Å². The van der Waals surface area contributed by atoms with Gasteiger partial charge in [0.2, 0.25) is 0 Å². The molecule has 0 aliphatic carbocycles. The van der Waals surface area contributed by atoms with Crippen molar-refractivity contribution in [1.29, 1.82) is 0 Å². The molecule has 0 heterocycles. The highest BCUT2D eigenvalue weighted by Crippen LogP contribution is 2.31. The lowest BCUT2D eigenvalue weighted by atomic mass is 10.2. The number of carbonyl (C=O) groups excluding carboxylic acids is 1. The molecule has 0 aliphatic heterocycles. The standard InChI is InChI=1S/C12H12BrNO5/c1-3-4-19-12(17)14-7-5-8(13)10(11(15)16)9(6-7)18-2/h3,5-6H,1,4H2,2H3,(H,14,17)(H,15,16). The van der Waals surface area contributed by atoms with E-state index in [4.69, 9.17) is 14.6 Å². The highest BCUT2D eigenvalue weighted by molar-refractivity contribution is 9.10. The zero-order valence-electron chi connectivity index (χ0n) is 10.1. The van der Waals surface area contributed by atoms with E-state index in [1.165, 1.54) is 25.3 Å². The minimum Gasteiger partial charge on any atom is -0.496 e. The van der Waals surface area contributed by atoms with Gasteiger partial charge in [0.25, 0.3) is 0 Å². The number of benzene rings is 1. The van der Waals surface area contributed by atoms with E-state index in [2.05, 4.69) is 27.8 Å². The second kappa shape index (κ2) is 6.79. The monoisotopic (exact) mass is 329 g/mol. The number of rotatable bonds is 5. The van der Waals surface area contributed by atoms with Gasteiger partial charge < -0.3 is 14.6 Å². The summed E-state index contributed by atoms with van der Waals surface area (Å²) in [6.45, 7) is 3.50. The minimum atomic E-state index is -1.13. The molecule has 1 amide bonds. The Hall–Kier alpha value is -2.02. The molecule has 0 radical (unpaired) electrons. The molecule has 2 N–H and O–H groups in total. The largest absolute Gasteiger partial charge is 0.496 e. The fourth-order valence-corrected chi connectivity index (χ4v) is 1.92. The first-order chi connectivity index (χ1) is 8.99. The van der Waals surface area contributed by atoms with Crippen LogP contribution in [0.2, 0.25) is 0 Å². The Bertz CT molecular complexity index is 515. The number of methoxy groups -OCH3 is 1. The number of carbonyl (C=O) groups is 2. The van der Waals surface area contributed by atoms with Crippen molar-refractivity contribution >= 4 is 33.7 Å². The normalized spacial score (nSPS) is 9.58. The molecule has 0 aliphatic rings. The summed E-state index contributed by atoms with van der Waals surface area (Å²) in [4.78, 5) is 22.4. The van der Waals surface area contributed by atoms with Crippen molar-refractivity contribution in [2.75, 3.05) is 19.0 Å². The zero-order chi connectivity index (χ0) is 14.4. The van der Waals surface area contributed by atoms with Crippen LogP contribution in [0.5, 0.6) is 5.75 Å². The van der Waals surface area contributed by atoms with Crippen LogP contribution >= 0.6 is 15.9 Å². The van der Waals surface area contributed by atoms with Gasteiger partial charge in [-0.1, -0.05) is 12.7 Å². The van der Waals surface area contributed by atoms with Crippen molar-refractivity contribution in [2.45, 2.75) is 0 Å². The molecule has 6 nitrogen and oxygen atoms in total. The Kier molecular flexibility index (Phi) is 5.37. The summed E-state index contributed by atoms with van der Waals surface area (Å²) >= 11 is 3.11. The smallest absolute Gasteiger partial charge is 0.411 e. The second-order valence-corrected chi connectivity index (χ2v) is 4.21. The quantitative estimate of drug-likeness (QED) is 0.811. The van der Waals surface area contributed by atoms with Gasteiger partial charge in [-0.05, 0) is 22.0 Å². The molecule has 0 bridgehead atoms. The predicted molar refractivity (Wildman–Crippen MR) is 72.8 cm³/mol. The van der Waals surface area contributed by atoms with E-state index in [0.29, 0.717) is 10.2 Å². The maximum absolute atomic E-state index is 11.3. The van der Waals surface area contributed by atoms with Gasteiger partial charge in [-0.25, -0.2) is 9.59 Å². The molecule has 0 saturated carbocycles. The number of ether oxygens (including phenoxy) is 2. The Morgan fingerprint density at radius 2 is 2.21 bits per heavy atom. The Balaban J connectivity index is 2.98. The van der Waals surface area contributed by atoms with E-state index >= 15 is 0 Å². The summed E-state index contributed by atoms with van der Waals surface area (Å²) in [5.41, 5.74) is 0.329. The van der Waals surface area contributed by atoms with Crippen molar-refractivity contribution in [2.24, 2.45) is 0 Å². The second-order valence-electron chi connectivity index (χ2n) is 3.35. The lowest BCUT2D eigenvalue weighted by Crippen LogP contribution is -2.14. The molecule has 0 saturated heterocycles. The highest BCUT2D eigenvalue weighted by Gasteiger charge is 2.17. The summed E-state index contributed by atoms with van der Waals surface area (Å²) < 4.78 is 10.0. The lowest BCUT2D eigenvalue weighted by Gasteiger charge is -2.11. The SMILES string of the molecule is C=CCOC(=O)Nc1cc(Br)c(C(=O)O)c(OC)c1. The fourth-order valence-electron chi connectivity index (χ4n) is 1.31. The molecule has 7 heteroatoms.